The van der Waals surface area contributed by atoms with Crippen LogP contribution in [0.5, 0.6) is 5.75 Å². The summed E-state index contributed by atoms with van der Waals surface area (Å²) >= 11 is 0. The molecule has 1 unspecified atom stereocenters. The van der Waals surface area contributed by atoms with Crippen LogP contribution in [0.15, 0.2) is 36.8 Å². The molecule has 0 spiro atoms. The molecule has 3 N–H and O–H groups in total. The van der Waals surface area contributed by atoms with Gasteiger partial charge in [-0.25, -0.2) is 9.97 Å². The van der Waals surface area contributed by atoms with Crippen LogP contribution in [0.4, 0.5) is 19.0 Å². The summed E-state index contributed by atoms with van der Waals surface area (Å²) in [5, 5.41) is 10.6. The molecule has 1 saturated carbocycles. The van der Waals surface area contributed by atoms with Gasteiger partial charge in [0.1, 0.15) is 30.1 Å². The highest BCUT2D eigenvalue weighted by Gasteiger charge is 2.48. The van der Waals surface area contributed by atoms with Crippen molar-refractivity contribution in [1.29, 1.82) is 0 Å². The van der Waals surface area contributed by atoms with Crippen LogP contribution in [0.1, 0.15) is 51.0 Å². The Labute approximate surface area is 231 Å². The smallest absolute Gasteiger partial charge is 0.415 e. The summed E-state index contributed by atoms with van der Waals surface area (Å²) in [5.41, 5.74) is 8.96. The third-order valence-electron chi connectivity index (χ3n) is 8.70. The van der Waals surface area contributed by atoms with Gasteiger partial charge in [-0.3, -0.25) is 4.90 Å². The van der Waals surface area contributed by atoms with Crippen LogP contribution in [0, 0.1) is 5.92 Å². The van der Waals surface area contributed by atoms with Crippen LogP contribution in [0.25, 0.3) is 22.2 Å². The van der Waals surface area contributed by atoms with Crippen LogP contribution >= 0.6 is 0 Å². The Kier molecular flexibility index (Phi) is 7.62. The lowest BCUT2D eigenvalue weighted by atomic mass is 9.79. The number of nitrogens with two attached hydrogens (primary N) is 1. The van der Waals surface area contributed by atoms with E-state index in [9.17, 15) is 18.3 Å². The van der Waals surface area contributed by atoms with Crippen molar-refractivity contribution in [3.05, 3.63) is 36.8 Å². The molecule has 4 heterocycles. The molecule has 3 aromatic rings. The molecule has 8 nitrogen and oxygen atoms in total. The second kappa shape index (κ2) is 11.2. The minimum absolute atomic E-state index is 0.113. The summed E-state index contributed by atoms with van der Waals surface area (Å²) in [6, 6.07) is 7.20. The lowest BCUT2D eigenvalue weighted by molar-refractivity contribution is -0.219. The Morgan fingerprint density at radius 1 is 1.15 bits per heavy atom. The first kappa shape index (κ1) is 27.3. The highest BCUT2D eigenvalue weighted by atomic mass is 19.4. The molecule has 2 aliphatic heterocycles. The maximum absolute atomic E-state index is 13.2. The van der Waals surface area contributed by atoms with Crippen molar-refractivity contribution in [3.63, 3.8) is 0 Å². The van der Waals surface area contributed by atoms with Gasteiger partial charge in [0.05, 0.1) is 11.5 Å². The Morgan fingerprint density at radius 3 is 2.77 bits per heavy atom. The van der Waals surface area contributed by atoms with Crippen molar-refractivity contribution in [3.8, 4) is 16.9 Å². The van der Waals surface area contributed by atoms with Crippen LogP contribution < -0.4 is 10.5 Å². The molecular weight excluding hydrogens is 523 g/mol. The van der Waals surface area contributed by atoms with Crippen molar-refractivity contribution in [1.82, 2.24) is 19.4 Å². The van der Waals surface area contributed by atoms with Crippen LogP contribution in [-0.4, -0.2) is 75.3 Å². The summed E-state index contributed by atoms with van der Waals surface area (Å²) in [4.78, 5) is 10.6. The van der Waals surface area contributed by atoms with Gasteiger partial charge in [0.2, 0.25) is 0 Å². The number of aromatic nitrogens is 3. The van der Waals surface area contributed by atoms with Gasteiger partial charge in [-0.1, -0.05) is 12.1 Å². The van der Waals surface area contributed by atoms with Crippen molar-refractivity contribution in [2.24, 2.45) is 5.92 Å². The Hall–Kier alpha value is -2.89. The lowest BCUT2D eigenvalue weighted by Crippen LogP contribution is -2.49. The first-order chi connectivity index (χ1) is 19.3. The summed E-state index contributed by atoms with van der Waals surface area (Å²) in [7, 11) is 0. The summed E-state index contributed by atoms with van der Waals surface area (Å²) in [6.45, 7) is 2.44. The van der Waals surface area contributed by atoms with Gasteiger partial charge in [-0.15, -0.1) is 0 Å². The topological polar surface area (TPSA) is 98.7 Å². The van der Waals surface area contributed by atoms with Crippen molar-refractivity contribution >= 4 is 16.9 Å². The number of fused-ring (bicyclic) bond motifs is 1. The number of ether oxygens (including phenoxy) is 2. The summed E-state index contributed by atoms with van der Waals surface area (Å²) in [5.74, 6) is 1.41. The zero-order valence-electron chi connectivity index (χ0n) is 22.4. The predicted molar refractivity (Wildman–Crippen MR) is 145 cm³/mol. The van der Waals surface area contributed by atoms with Crippen LogP contribution in [0.3, 0.4) is 0 Å². The molecule has 2 aromatic heterocycles. The minimum atomic E-state index is -4.60. The number of hydrogen-bond acceptors (Lipinski definition) is 7. The molecule has 1 aliphatic carbocycles. The van der Waals surface area contributed by atoms with E-state index in [0.29, 0.717) is 38.4 Å². The fourth-order valence-corrected chi connectivity index (χ4v) is 6.55. The molecule has 0 bridgehead atoms. The summed E-state index contributed by atoms with van der Waals surface area (Å²) in [6.07, 6.45) is 2.69. The number of likely N-dealkylation sites (tertiary alicyclic amines) is 1. The molecule has 40 heavy (non-hydrogen) atoms. The molecular formula is C29H36F3N5O3. The molecule has 6 rings (SSSR count). The highest BCUT2D eigenvalue weighted by Crippen LogP contribution is 2.44. The molecule has 2 saturated heterocycles. The van der Waals surface area contributed by atoms with E-state index in [1.165, 1.54) is 6.33 Å². The SMILES string of the molecule is Nc1ncnc2c1c(-c1cccc(OCC3CCCCO3)c1)cn2[C@H]1C[C@H](CN2CCC[C@H]2[C@H](O)C(F)(F)F)C1. The van der Waals surface area contributed by atoms with E-state index in [1.54, 1.807) is 0 Å². The van der Waals surface area contributed by atoms with E-state index in [-0.39, 0.29) is 18.1 Å². The molecule has 3 fully saturated rings. The third kappa shape index (κ3) is 5.51. The fraction of sp³-hybridized carbons (Fsp3) is 0.586. The highest BCUT2D eigenvalue weighted by molar-refractivity contribution is 6.00. The van der Waals surface area contributed by atoms with Gasteiger partial charge in [0, 0.05) is 37.0 Å². The number of hydrogen-bond donors (Lipinski definition) is 2. The predicted octanol–water partition coefficient (Wildman–Crippen LogP) is 4.97. The number of benzene rings is 1. The van der Waals surface area contributed by atoms with Crippen LogP contribution in [0.2, 0.25) is 0 Å². The second-order valence-corrected chi connectivity index (χ2v) is 11.4. The quantitative estimate of drug-likeness (QED) is 0.402. The summed E-state index contributed by atoms with van der Waals surface area (Å²) < 4.78 is 53.5. The van der Waals surface area contributed by atoms with Crippen molar-refractivity contribution < 1.29 is 27.8 Å². The lowest BCUT2D eigenvalue weighted by Gasteiger charge is -2.40. The van der Waals surface area contributed by atoms with Gasteiger partial charge in [0.25, 0.3) is 0 Å². The average Bonchev–Trinajstić information content (AvgIpc) is 3.54. The first-order valence-corrected chi connectivity index (χ1v) is 14.2. The number of nitrogens with zero attached hydrogens (tertiary/aromatic N) is 4. The first-order valence-electron chi connectivity index (χ1n) is 14.2. The minimum Gasteiger partial charge on any atom is -0.491 e. The van der Waals surface area contributed by atoms with Crippen LogP contribution in [-0.2, 0) is 4.74 Å². The normalized spacial score (nSPS) is 26.6. The Bertz CT molecular complexity index is 1320. The standard InChI is InChI=1S/C29H36F3N5O3/c30-29(31,32)26(38)24-8-4-9-36(24)14-18-11-20(12-18)37-15-23(25-27(33)34-17-35-28(25)37)19-5-3-7-21(13-19)40-16-22-6-1-2-10-39-22/h3,5,7,13,15,17-18,20,22,24,26,38H,1-2,4,6,8-12,14,16H2,(H2,33,34,35)/t18-,20-,22?,24-,26-/m0/s1. The number of aliphatic hydroxyl groups is 1. The molecule has 1 aromatic carbocycles. The van der Waals surface area contributed by atoms with Gasteiger partial charge >= 0.3 is 6.18 Å². The molecule has 0 amide bonds. The van der Waals surface area contributed by atoms with E-state index in [0.717, 1.165) is 66.6 Å². The maximum atomic E-state index is 13.2. The van der Waals surface area contributed by atoms with E-state index in [2.05, 4.69) is 20.7 Å². The molecule has 3 atom stereocenters. The van der Waals surface area contributed by atoms with E-state index >= 15 is 0 Å². The van der Waals surface area contributed by atoms with Crippen molar-refractivity contribution in [2.45, 2.75) is 75.4 Å². The molecule has 216 valence electrons. The monoisotopic (exact) mass is 559 g/mol. The Balaban J connectivity index is 1.17. The van der Waals surface area contributed by atoms with E-state index in [1.807, 2.05) is 29.2 Å². The Morgan fingerprint density at radius 2 is 2.00 bits per heavy atom. The number of halogens is 3. The number of anilines is 1. The second-order valence-electron chi connectivity index (χ2n) is 11.4. The maximum Gasteiger partial charge on any atom is 0.415 e. The van der Waals surface area contributed by atoms with Gasteiger partial charge < -0.3 is 24.9 Å². The third-order valence-corrected chi connectivity index (χ3v) is 8.70. The fourth-order valence-electron chi connectivity index (χ4n) is 6.55. The number of rotatable bonds is 8. The average molecular weight is 560 g/mol. The van der Waals surface area contributed by atoms with Gasteiger partial charge in [0.15, 0.2) is 6.10 Å². The molecule has 3 aliphatic rings. The zero-order chi connectivity index (χ0) is 27.9. The van der Waals surface area contributed by atoms with Crippen molar-refractivity contribution in [2.75, 3.05) is 32.0 Å². The molecule has 11 heteroatoms. The number of nitrogen functional groups attached to an aromatic ring is 1. The largest absolute Gasteiger partial charge is 0.491 e. The zero-order valence-corrected chi connectivity index (χ0v) is 22.4. The van der Waals surface area contributed by atoms with Gasteiger partial charge in [-0.05, 0) is 75.1 Å². The number of alkyl halides is 3. The number of aliphatic hydroxyl groups excluding tert-OH is 1. The van der Waals surface area contributed by atoms with E-state index < -0.39 is 18.3 Å². The molecule has 0 radical (unpaired) electrons. The van der Waals surface area contributed by atoms with E-state index in [4.69, 9.17) is 15.2 Å². The van der Waals surface area contributed by atoms with Gasteiger partial charge in [-0.2, -0.15) is 13.2 Å².